The van der Waals surface area contributed by atoms with Gasteiger partial charge in [0.05, 0.1) is 0 Å². The van der Waals surface area contributed by atoms with Crippen LogP contribution in [0.5, 0.6) is 0 Å². The summed E-state index contributed by atoms with van der Waals surface area (Å²) in [5.74, 6) is 0.596. The lowest BCUT2D eigenvalue weighted by atomic mass is 9.82. The number of anilines is 1. The van der Waals surface area contributed by atoms with Gasteiger partial charge in [0.15, 0.2) is 0 Å². The molecule has 6 heteroatoms. The molecule has 0 saturated carbocycles. The number of halogens is 2. The van der Waals surface area contributed by atoms with E-state index in [1.807, 2.05) is 0 Å². The van der Waals surface area contributed by atoms with Crippen molar-refractivity contribution in [3.63, 3.8) is 0 Å². The van der Waals surface area contributed by atoms with Gasteiger partial charge in [0.2, 0.25) is 16.5 Å². The molecule has 4 nitrogen and oxygen atoms in total. The molecule has 1 aromatic rings. The van der Waals surface area contributed by atoms with Gasteiger partial charge in [-0.15, -0.1) is 0 Å². The van der Waals surface area contributed by atoms with E-state index in [-0.39, 0.29) is 10.6 Å². The van der Waals surface area contributed by atoms with Crippen molar-refractivity contribution in [1.82, 2.24) is 15.0 Å². The molecule has 0 aromatic carbocycles. The first-order chi connectivity index (χ1) is 8.08. The highest BCUT2D eigenvalue weighted by atomic mass is 35.5. The first kappa shape index (κ1) is 12.8. The molecule has 0 N–H and O–H groups in total. The van der Waals surface area contributed by atoms with E-state index in [1.165, 1.54) is 19.3 Å². The molecule has 0 atom stereocenters. The third-order valence-corrected chi connectivity index (χ3v) is 4.13. The molecule has 0 spiro atoms. The summed E-state index contributed by atoms with van der Waals surface area (Å²) in [6.45, 7) is 6.40. The Morgan fingerprint density at radius 3 is 2.18 bits per heavy atom. The lowest BCUT2D eigenvalue weighted by Crippen LogP contribution is -2.27. The Hall–Kier alpha value is -0.610. The second kappa shape index (κ2) is 4.94. The fraction of sp³-hybridized carbons (Fsp3) is 0.727. The molecule has 0 aliphatic carbocycles. The first-order valence-electron chi connectivity index (χ1n) is 5.90. The fourth-order valence-corrected chi connectivity index (χ4v) is 2.75. The summed E-state index contributed by atoms with van der Waals surface area (Å²) in [5, 5.41) is 0.316. The smallest absolute Gasteiger partial charge is 0.230 e. The molecule has 1 aromatic heterocycles. The normalized spacial score (nSPS) is 18.7. The minimum absolute atomic E-state index is 0.158. The summed E-state index contributed by atoms with van der Waals surface area (Å²) in [5.41, 5.74) is 0.381. The maximum atomic E-state index is 5.79. The van der Waals surface area contributed by atoms with Crippen LogP contribution in [0.25, 0.3) is 0 Å². The van der Waals surface area contributed by atoms with Gasteiger partial charge in [0.25, 0.3) is 0 Å². The summed E-state index contributed by atoms with van der Waals surface area (Å²) < 4.78 is 0. The van der Waals surface area contributed by atoms with Gasteiger partial charge in [-0.05, 0) is 47.9 Å². The fourth-order valence-electron chi connectivity index (χ4n) is 2.39. The van der Waals surface area contributed by atoms with Crippen LogP contribution < -0.4 is 4.90 Å². The SMILES string of the molecule is CCC1(CC)CCN(c2nc(Cl)nc(Cl)n2)C1. The molecule has 0 bridgehead atoms. The Bertz CT molecular complexity index is 386. The topological polar surface area (TPSA) is 41.9 Å². The van der Waals surface area contributed by atoms with E-state index in [4.69, 9.17) is 23.2 Å². The maximum Gasteiger partial charge on any atom is 0.230 e. The van der Waals surface area contributed by atoms with Gasteiger partial charge in [-0.2, -0.15) is 15.0 Å². The van der Waals surface area contributed by atoms with Crippen LogP contribution in [0.15, 0.2) is 0 Å². The summed E-state index contributed by atoms with van der Waals surface area (Å²) in [7, 11) is 0. The lowest BCUT2D eigenvalue weighted by Gasteiger charge is -2.26. The molecule has 1 saturated heterocycles. The van der Waals surface area contributed by atoms with E-state index in [2.05, 4.69) is 33.7 Å². The zero-order chi connectivity index (χ0) is 12.5. The highest BCUT2D eigenvalue weighted by Gasteiger charge is 2.36. The Morgan fingerprint density at radius 1 is 1.12 bits per heavy atom. The quantitative estimate of drug-likeness (QED) is 0.849. The Balaban J connectivity index is 2.20. The summed E-state index contributed by atoms with van der Waals surface area (Å²) in [6, 6.07) is 0. The van der Waals surface area contributed by atoms with Crippen molar-refractivity contribution in [3.05, 3.63) is 10.6 Å². The van der Waals surface area contributed by atoms with E-state index in [0.29, 0.717) is 11.4 Å². The number of aromatic nitrogens is 3. The summed E-state index contributed by atoms with van der Waals surface area (Å²) in [4.78, 5) is 14.2. The van der Waals surface area contributed by atoms with Gasteiger partial charge in [0, 0.05) is 13.1 Å². The average molecular weight is 275 g/mol. The molecule has 1 aliphatic heterocycles. The highest BCUT2D eigenvalue weighted by molar-refractivity contribution is 6.31. The summed E-state index contributed by atoms with van der Waals surface area (Å²) >= 11 is 11.6. The second-order valence-electron chi connectivity index (χ2n) is 4.55. The lowest BCUT2D eigenvalue weighted by molar-refractivity contribution is 0.301. The van der Waals surface area contributed by atoms with E-state index in [0.717, 1.165) is 13.1 Å². The number of hydrogen-bond acceptors (Lipinski definition) is 4. The molecule has 1 fully saturated rings. The second-order valence-corrected chi connectivity index (χ2v) is 5.23. The average Bonchev–Trinajstić information content (AvgIpc) is 2.73. The van der Waals surface area contributed by atoms with Crippen molar-refractivity contribution in [1.29, 1.82) is 0 Å². The molecule has 2 rings (SSSR count). The van der Waals surface area contributed by atoms with Crippen LogP contribution in [0, 0.1) is 5.41 Å². The summed E-state index contributed by atoms with van der Waals surface area (Å²) in [6.07, 6.45) is 3.51. The van der Waals surface area contributed by atoms with Crippen LogP contribution in [-0.4, -0.2) is 28.0 Å². The van der Waals surface area contributed by atoms with Crippen LogP contribution in [0.1, 0.15) is 33.1 Å². The van der Waals surface area contributed by atoms with Gasteiger partial charge in [-0.25, -0.2) is 0 Å². The van der Waals surface area contributed by atoms with Gasteiger partial charge in [0.1, 0.15) is 0 Å². The third-order valence-electron chi connectivity index (χ3n) is 3.79. The minimum atomic E-state index is 0.158. The van der Waals surface area contributed by atoms with E-state index >= 15 is 0 Å². The van der Waals surface area contributed by atoms with Crippen LogP contribution in [0.2, 0.25) is 10.6 Å². The van der Waals surface area contributed by atoms with Crippen LogP contribution >= 0.6 is 23.2 Å². The standard InChI is InChI=1S/C11H16Cl2N4/c1-3-11(4-2)5-6-17(7-11)10-15-8(12)14-9(13)16-10/h3-7H2,1-2H3. The number of nitrogens with zero attached hydrogens (tertiary/aromatic N) is 4. The predicted octanol–water partition coefficient (Wildman–Crippen LogP) is 3.19. The molecule has 0 radical (unpaired) electrons. The predicted molar refractivity (Wildman–Crippen MR) is 69.7 cm³/mol. The molecule has 1 aliphatic rings. The van der Waals surface area contributed by atoms with Gasteiger partial charge in [-0.1, -0.05) is 13.8 Å². The third kappa shape index (κ3) is 2.63. The van der Waals surface area contributed by atoms with E-state index in [1.54, 1.807) is 0 Å². The Morgan fingerprint density at radius 2 is 1.71 bits per heavy atom. The highest BCUT2D eigenvalue weighted by Crippen LogP contribution is 2.38. The Kier molecular flexibility index (Phi) is 3.73. The van der Waals surface area contributed by atoms with Crippen molar-refractivity contribution in [2.24, 2.45) is 5.41 Å². The minimum Gasteiger partial charge on any atom is -0.340 e. The molecule has 0 unspecified atom stereocenters. The van der Waals surface area contributed by atoms with Crippen molar-refractivity contribution in [2.45, 2.75) is 33.1 Å². The van der Waals surface area contributed by atoms with Crippen molar-refractivity contribution < 1.29 is 0 Å². The number of hydrogen-bond donors (Lipinski definition) is 0. The Labute approximate surface area is 111 Å². The van der Waals surface area contributed by atoms with Crippen molar-refractivity contribution in [3.8, 4) is 0 Å². The zero-order valence-corrected chi connectivity index (χ0v) is 11.6. The molecule has 94 valence electrons. The largest absolute Gasteiger partial charge is 0.340 e. The molecular formula is C11H16Cl2N4. The molecule has 17 heavy (non-hydrogen) atoms. The maximum absolute atomic E-state index is 5.79. The number of rotatable bonds is 3. The van der Waals surface area contributed by atoms with Crippen molar-refractivity contribution in [2.75, 3.05) is 18.0 Å². The monoisotopic (exact) mass is 274 g/mol. The zero-order valence-electron chi connectivity index (χ0n) is 10.1. The van der Waals surface area contributed by atoms with Crippen LogP contribution in [0.3, 0.4) is 0 Å². The van der Waals surface area contributed by atoms with E-state index in [9.17, 15) is 0 Å². The van der Waals surface area contributed by atoms with Gasteiger partial charge < -0.3 is 4.90 Å². The first-order valence-corrected chi connectivity index (χ1v) is 6.66. The molecule has 2 heterocycles. The van der Waals surface area contributed by atoms with Crippen LogP contribution in [-0.2, 0) is 0 Å². The van der Waals surface area contributed by atoms with Gasteiger partial charge >= 0.3 is 0 Å². The molecular weight excluding hydrogens is 259 g/mol. The molecule has 0 amide bonds. The van der Waals surface area contributed by atoms with Crippen molar-refractivity contribution >= 4 is 29.2 Å². The van der Waals surface area contributed by atoms with E-state index < -0.39 is 0 Å². The van der Waals surface area contributed by atoms with Gasteiger partial charge in [-0.3, -0.25) is 0 Å². The van der Waals surface area contributed by atoms with Crippen LogP contribution in [0.4, 0.5) is 5.95 Å².